The first kappa shape index (κ1) is 24.9. The molecule has 3 heterocycles. The van der Waals surface area contributed by atoms with Crippen LogP contribution in [0.5, 0.6) is 0 Å². The zero-order valence-electron chi connectivity index (χ0n) is 19.9. The van der Waals surface area contributed by atoms with Gasteiger partial charge < -0.3 is 30.7 Å². The van der Waals surface area contributed by atoms with Gasteiger partial charge in [0.05, 0.1) is 10.8 Å². The maximum Gasteiger partial charge on any atom is 0.321 e. The number of hydrogen-bond acceptors (Lipinski definition) is 7. The first-order chi connectivity index (χ1) is 17.1. The number of likely N-dealkylation sites (N-methyl/N-ethyl adjacent to an activating group) is 1. The molecule has 0 unspecified atom stereocenters. The minimum Gasteiger partial charge on any atom is -0.369 e. The molecule has 1 saturated heterocycles. The number of likely N-dealkylation sites (tertiary alicyclic amines) is 1. The summed E-state index contributed by atoms with van der Waals surface area (Å²) >= 11 is 3.49. The van der Waals surface area contributed by atoms with E-state index in [1.54, 1.807) is 17.4 Å². The summed E-state index contributed by atoms with van der Waals surface area (Å²) in [7, 11) is 1.83. The number of aromatic amines is 1. The molecule has 3 aromatic rings. The third-order valence-electron chi connectivity index (χ3n) is 5.90. The second-order valence-electron chi connectivity index (χ2n) is 8.60. The van der Waals surface area contributed by atoms with Crippen LogP contribution in [0.25, 0.3) is 0 Å². The van der Waals surface area contributed by atoms with Gasteiger partial charge in [0, 0.05) is 62.6 Å². The molecule has 4 N–H and O–H groups in total. The number of piperidine rings is 1. The average molecular weight is 542 g/mol. The van der Waals surface area contributed by atoms with Crippen LogP contribution in [0.2, 0.25) is 0 Å². The predicted molar refractivity (Wildman–Crippen MR) is 142 cm³/mol. The van der Waals surface area contributed by atoms with Crippen LogP contribution >= 0.6 is 15.9 Å². The monoisotopic (exact) mass is 541 g/mol. The van der Waals surface area contributed by atoms with E-state index in [0.29, 0.717) is 30.5 Å². The lowest BCUT2D eigenvalue weighted by atomic mass is 10.1. The number of carbonyl (C=O) groups is 1. The van der Waals surface area contributed by atoms with Gasteiger partial charge in [-0.05, 0) is 60.1 Å². The van der Waals surface area contributed by atoms with Gasteiger partial charge in [0.2, 0.25) is 5.95 Å². The van der Waals surface area contributed by atoms with E-state index in [-0.39, 0.29) is 6.03 Å². The molecule has 2 aromatic heterocycles. The van der Waals surface area contributed by atoms with Crippen LogP contribution in [-0.2, 0) is 6.42 Å². The highest BCUT2D eigenvalue weighted by Gasteiger charge is 2.14. The normalized spacial score (nSPS) is 13.9. The van der Waals surface area contributed by atoms with E-state index in [0.717, 1.165) is 41.9 Å². The van der Waals surface area contributed by atoms with Gasteiger partial charge in [0.25, 0.3) is 0 Å². The molecule has 0 aliphatic carbocycles. The summed E-state index contributed by atoms with van der Waals surface area (Å²) in [5.41, 5.74) is 2.54. The Morgan fingerprint density at radius 3 is 2.83 bits per heavy atom. The molecule has 0 saturated carbocycles. The van der Waals surface area contributed by atoms with Gasteiger partial charge in [-0.2, -0.15) is 4.98 Å². The van der Waals surface area contributed by atoms with Crippen LogP contribution in [0, 0.1) is 0 Å². The summed E-state index contributed by atoms with van der Waals surface area (Å²) in [5.74, 6) is 1.15. The van der Waals surface area contributed by atoms with E-state index in [9.17, 15) is 4.79 Å². The molecular formula is C24H32BrN9O. The Kier molecular flexibility index (Phi) is 8.90. The Balaban J connectivity index is 1.29. The molecule has 11 heteroatoms. The predicted octanol–water partition coefficient (Wildman–Crippen LogP) is 4.31. The molecule has 186 valence electrons. The van der Waals surface area contributed by atoms with Gasteiger partial charge in [-0.1, -0.05) is 12.5 Å². The van der Waals surface area contributed by atoms with Crippen molar-refractivity contribution in [3.63, 3.8) is 0 Å². The van der Waals surface area contributed by atoms with Crippen LogP contribution in [-0.4, -0.2) is 75.5 Å². The fourth-order valence-electron chi connectivity index (χ4n) is 3.89. The molecule has 1 fully saturated rings. The van der Waals surface area contributed by atoms with Crippen LogP contribution in [0.4, 0.5) is 27.9 Å². The Labute approximate surface area is 214 Å². The molecule has 0 radical (unpaired) electrons. The molecular weight excluding hydrogens is 510 g/mol. The number of H-pyrrole nitrogens is 1. The van der Waals surface area contributed by atoms with E-state index >= 15 is 0 Å². The second kappa shape index (κ2) is 12.5. The van der Waals surface area contributed by atoms with Crippen molar-refractivity contribution in [1.29, 1.82) is 0 Å². The molecule has 0 bridgehead atoms. The molecule has 4 rings (SSSR count). The van der Waals surface area contributed by atoms with Crippen LogP contribution in [0.1, 0.15) is 25.0 Å². The summed E-state index contributed by atoms with van der Waals surface area (Å²) in [6, 6.07) is 7.41. The third kappa shape index (κ3) is 7.66. The number of hydrogen-bond donors (Lipinski definition) is 4. The highest BCUT2D eigenvalue weighted by atomic mass is 79.9. The molecule has 35 heavy (non-hydrogen) atoms. The number of urea groups is 1. The van der Waals surface area contributed by atoms with Gasteiger partial charge in [0.1, 0.15) is 5.82 Å². The van der Waals surface area contributed by atoms with Gasteiger partial charge in [-0.25, -0.2) is 14.8 Å². The SMILES string of the molecule is CN(CCN1CCCCC1)C(=O)Nc1cccc(Nc2ncc(Br)c(NCCc3cnc[nH]3)n2)c1. The number of rotatable bonds is 10. The summed E-state index contributed by atoms with van der Waals surface area (Å²) < 4.78 is 0.779. The maximum atomic E-state index is 12.7. The summed E-state index contributed by atoms with van der Waals surface area (Å²) in [6.07, 6.45) is 9.79. The lowest BCUT2D eigenvalue weighted by Gasteiger charge is -2.28. The number of carbonyl (C=O) groups excluding carboxylic acids is 1. The number of amides is 2. The summed E-state index contributed by atoms with van der Waals surface area (Å²) in [6.45, 7) is 4.56. The molecule has 0 atom stereocenters. The number of benzene rings is 1. The molecule has 1 aliphatic heterocycles. The van der Waals surface area contributed by atoms with Crippen LogP contribution in [0.15, 0.2) is 47.5 Å². The van der Waals surface area contributed by atoms with E-state index in [1.165, 1.54) is 19.3 Å². The number of imidazole rings is 1. The van der Waals surface area contributed by atoms with E-state index in [4.69, 9.17) is 0 Å². The summed E-state index contributed by atoms with van der Waals surface area (Å²) in [5, 5.41) is 9.50. The van der Waals surface area contributed by atoms with Gasteiger partial charge in [0.15, 0.2) is 0 Å². The van der Waals surface area contributed by atoms with E-state index in [2.05, 4.69) is 56.7 Å². The Hall–Kier alpha value is -3.18. The smallest absolute Gasteiger partial charge is 0.321 e. The number of aromatic nitrogens is 4. The highest BCUT2D eigenvalue weighted by molar-refractivity contribution is 9.10. The molecule has 0 spiro atoms. The Morgan fingerprint density at radius 2 is 2.03 bits per heavy atom. The fraction of sp³-hybridized carbons (Fsp3) is 0.417. The molecule has 1 aromatic carbocycles. The van der Waals surface area contributed by atoms with E-state index in [1.807, 2.05) is 37.5 Å². The number of nitrogens with one attached hydrogen (secondary N) is 4. The van der Waals surface area contributed by atoms with Crippen molar-refractivity contribution < 1.29 is 4.79 Å². The fourth-order valence-corrected chi connectivity index (χ4v) is 4.22. The maximum absolute atomic E-state index is 12.7. The van der Waals surface area contributed by atoms with Crippen LogP contribution in [0.3, 0.4) is 0 Å². The molecule has 2 amide bonds. The minimum absolute atomic E-state index is 0.122. The largest absolute Gasteiger partial charge is 0.369 e. The van der Waals surface area contributed by atoms with Crippen LogP contribution < -0.4 is 16.0 Å². The number of halogens is 1. The van der Waals surface area contributed by atoms with Crippen molar-refractivity contribution in [3.8, 4) is 0 Å². The Morgan fingerprint density at radius 1 is 1.20 bits per heavy atom. The average Bonchev–Trinajstić information content (AvgIpc) is 3.39. The van der Waals surface area contributed by atoms with Crippen molar-refractivity contribution >= 4 is 45.1 Å². The quantitative estimate of drug-likeness (QED) is 0.302. The Bertz CT molecular complexity index is 1090. The van der Waals surface area contributed by atoms with Crippen molar-refractivity contribution in [2.75, 3.05) is 55.7 Å². The van der Waals surface area contributed by atoms with Gasteiger partial charge in [-0.3, -0.25) is 0 Å². The van der Waals surface area contributed by atoms with E-state index < -0.39 is 0 Å². The third-order valence-corrected chi connectivity index (χ3v) is 6.48. The van der Waals surface area contributed by atoms with Crippen molar-refractivity contribution in [1.82, 2.24) is 29.7 Å². The highest BCUT2D eigenvalue weighted by Crippen LogP contribution is 2.23. The topological polar surface area (TPSA) is 114 Å². The summed E-state index contributed by atoms with van der Waals surface area (Å²) in [4.78, 5) is 32.8. The van der Waals surface area contributed by atoms with Crippen molar-refractivity contribution in [2.45, 2.75) is 25.7 Å². The van der Waals surface area contributed by atoms with Crippen molar-refractivity contribution in [2.24, 2.45) is 0 Å². The second-order valence-corrected chi connectivity index (χ2v) is 9.46. The lowest BCUT2D eigenvalue weighted by Crippen LogP contribution is -2.40. The zero-order valence-corrected chi connectivity index (χ0v) is 21.5. The van der Waals surface area contributed by atoms with Gasteiger partial charge >= 0.3 is 6.03 Å². The minimum atomic E-state index is -0.122. The molecule has 10 nitrogen and oxygen atoms in total. The number of nitrogens with zero attached hydrogens (tertiary/aromatic N) is 5. The van der Waals surface area contributed by atoms with Gasteiger partial charge in [-0.15, -0.1) is 0 Å². The first-order valence-electron chi connectivity index (χ1n) is 11.9. The zero-order chi connectivity index (χ0) is 24.5. The van der Waals surface area contributed by atoms with Crippen molar-refractivity contribution in [3.05, 3.63) is 53.2 Å². The molecule has 1 aliphatic rings. The standard InChI is InChI=1S/C24H32BrN9O/c1-33(12-13-34-10-3-2-4-11-34)24(35)31-19-7-5-6-18(14-19)30-23-28-16-21(25)22(32-23)27-9-8-20-15-26-17-29-20/h5-7,14-17H,2-4,8-13H2,1H3,(H,26,29)(H,31,35)(H2,27,28,30,32). The lowest BCUT2D eigenvalue weighted by molar-refractivity contribution is 0.192. The first-order valence-corrected chi connectivity index (χ1v) is 12.7. The number of anilines is 4.